The van der Waals surface area contributed by atoms with Gasteiger partial charge in [-0.2, -0.15) is 5.10 Å². The molecule has 0 saturated carbocycles. The molecule has 6 nitrogen and oxygen atoms in total. The molecule has 1 atom stereocenters. The predicted octanol–water partition coefficient (Wildman–Crippen LogP) is 0.0300. The highest BCUT2D eigenvalue weighted by Crippen LogP contribution is 2.10. The zero-order valence-corrected chi connectivity index (χ0v) is 10.8. The number of carbonyl (C=O) groups is 1. The van der Waals surface area contributed by atoms with Gasteiger partial charge in [0.2, 0.25) is 5.91 Å². The molecule has 2 rings (SSSR count). The second-order valence-electron chi connectivity index (χ2n) is 4.96. The van der Waals surface area contributed by atoms with Crippen LogP contribution in [-0.4, -0.2) is 40.3 Å². The number of rotatable bonds is 5. The van der Waals surface area contributed by atoms with Gasteiger partial charge in [-0.25, -0.2) is 4.98 Å². The van der Waals surface area contributed by atoms with Crippen molar-refractivity contribution in [2.75, 3.05) is 19.6 Å². The number of hydrogen-bond acceptors (Lipinski definition) is 4. The van der Waals surface area contributed by atoms with Gasteiger partial charge >= 0.3 is 0 Å². The molecule has 0 aliphatic carbocycles. The summed E-state index contributed by atoms with van der Waals surface area (Å²) >= 11 is 0. The Morgan fingerprint density at radius 2 is 2.33 bits per heavy atom. The Balaban J connectivity index is 1.70. The summed E-state index contributed by atoms with van der Waals surface area (Å²) in [5, 5.41) is 10.4. The zero-order chi connectivity index (χ0) is 12.8. The Bertz CT molecular complexity index is 359. The lowest BCUT2D eigenvalue weighted by atomic mass is 9.98. The van der Waals surface area contributed by atoms with Gasteiger partial charge in [-0.3, -0.25) is 9.48 Å². The van der Waals surface area contributed by atoms with E-state index in [9.17, 15) is 4.79 Å². The van der Waals surface area contributed by atoms with Crippen molar-refractivity contribution >= 4 is 5.91 Å². The van der Waals surface area contributed by atoms with Gasteiger partial charge in [0.15, 0.2) is 0 Å². The van der Waals surface area contributed by atoms with Gasteiger partial charge in [0.1, 0.15) is 12.7 Å². The van der Waals surface area contributed by atoms with Crippen molar-refractivity contribution in [1.82, 2.24) is 25.4 Å². The van der Waals surface area contributed by atoms with Crippen LogP contribution in [-0.2, 0) is 11.3 Å². The van der Waals surface area contributed by atoms with Crippen LogP contribution in [0.25, 0.3) is 0 Å². The first-order valence-electron chi connectivity index (χ1n) is 6.56. The molecular formula is C12H21N5O. The quantitative estimate of drug-likeness (QED) is 0.774. The molecule has 1 fully saturated rings. The standard InChI is InChI=1S/C12H21N5O/c1-10(7-17-9-14-8-16-17)12(18)15-6-11-2-4-13-5-3-11/h8-11,13H,2-7H2,1H3,(H,15,18). The summed E-state index contributed by atoms with van der Waals surface area (Å²) in [6, 6.07) is 0. The molecule has 1 aliphatic heterocycles. The largest absolute Gasteiger partial charge is 0.356 e. The molecule has 0 bridgehead atoms. The van der Waals surface area contributed by atoms with Crippen LogP contribution in [0.15, 0.2) is 12.7 Å². The summed E-state index contributed by atoms with van der Waals surface area (Å²) in [7, 11) is 0. The number of aromatic nitrogens is 3. The molecule has 2 heterocycles. The molecule has 1 aromatic rings. The number of nitrogens with zero attached hydrogens (tertiary/aromatic N) is 3. The van der Waals surface area contributed by atoms with E-state index in [-0.39, 0.29) is 11.8 Å². The molecule has 1 amide bonds. The molecule has 1 unspecified atom stereocenters. The van der Waals surface area contributed by atoms with Gasteiger partial charge in [0.25, 0.3) is 0 Å². The van der Waals surface area contributed by atoms with Gasteiger partial charge in [-0.15, -0.1) is 0 Å². The lowest BCUT2D eigenvalue weighted by Crippen LogP contribution is -2.38. The van der Waals surface area contributed by atoms with Gasteiger partial charge < -0.3 is 10.6 Å². The maximum absolute atomic E-state index is 11.9. The summed E-state index contributed by atoms with van der Waals surface area (Å²) in [5.41, 5.74) is 0. The van der Waals surface area contributed by atoms with Crippen LogP contribution in [0, 0.1) is 11.8 Å². The van der Waals surface area contributed by atoms with Gasteiger partial charge in [-0.05, 0) is 31.8 Å². The normalized spacial score (nSPS) is 18.5. The number of hydrogen-bond donors (Lipinski definition) is 2. The Morgan fingerprint density at radius 1 is 1.56 bits per heavy atom. The fraction of sp³-hybridized carbons (Fsp3) is 0.750. The molecule has 6 heteroatoms. The first-order valence-corrected chi connectivity index (χ1v) is 6.56. The Morgan fingerprint density at radius 3 is 3.00 bits per heavy atom. The van der Waals surface area contributed by atoms with Crippen molar-refractivity contribution in [3.05, 3.63) is 12.7 Å². The maximum Gasteiger partial charge on any atom is 0.224 e. The molecule has 1 aliphatic rings. The van der Waals surface area contributed by atoms with Crippen molar-refractivity contribution in [3.63, 3.8) is 0 Å². The number of piperidine rings is 1. The van der Waals surface area contributed by atoms with E-state index in [1.54, 1.807) is 11.0 Å². The molecule has 100 valence electrons. The molecule has 0 aromatic carbocycles. The highest BCUT2D eigenvalue weighted by Gasteiger charge is 2.17. The topological polar surface area (TPSA) is 71.8 Å². The summed E-state index contributed by atoms with van der Waals surface area (Å²) in [5.74, 6) is 0.645. The van der Waals surface area contributed by atoms with E-state index in [1.807, 2.05) is 6.92 Å². The average Bonchev–Trinajstić information content (AvgIpc) is 2.90. The number of carbonyl (C=O) groups excluding carboxylic acids is 1. The van der Waals surface area contributed by atoms with E-state index >= 15 is 0 Å². The Kier molecular flexibility index (Phi) is 4.69. The van der Waals surface area contributed by atoms with Gasteiger partial charge in [-0.1, -0.05) is 6.92 Å². The molecule has 0 radical (unpaired) electrons. The van der Waals surface area contributed by atoms with Crippen LogP contribution < -0.4 is 10.6 Å². The van der Waals surface area contributed by atoms with E-state index < -0.39 is 0 Å². The lowest BCUT2D eigenvalue weighted by molar-refractivity contribution is -0.125. The van der Waals surface area contributed by atoms with Crippen LogP contribution in [0.5, 0.6) is 0 Å². The van der Waals surface area contributed by atoms with E-state index in [4.69, 9.17) is 0 Å². The average molecular weight is 251 g/mol. The van der Waals surface area contributed by atoms with Crippen LogP contribution >= 0.6 is 0 Å². The van der Waals surface area contributed by atoms with Crippen molar-refractivity contribution in [3.8, 4) is 0 Å². The second kappa shape index (κ2) is 6.49. The van der Waals surface area contributed by atoms with Crippen molar-refractivity contribution in [2.45, 2.75) is 26.3 Å². The highest BCUT2D eigenvalue weighted by atomic mass is 16.1. The van der Waals surface area contributed by atoms with E-state index in [0.717, 1.165) is 32.5 Å². The van der Waals surface area contributed by atoms with Crippen molar-refractivity contribution in [1.29, 1.82) is 0 Å². The SMILES string of the molecule is CC(Cn1cncn1)C(=O)NCC1CCNCC1. The lowest BCUT2D eigenvalue weighted by Gasteiger charge is -2.23. The van der Waals surface area contributed by atoms with Crippen LogP contribution in [0.4, 0.5) is 0 Å². The minimum atomic E-state index is -0.0755. The first-order chi connectivity index (χ1) is 8.75. The second-order valence-corrected chi connectivity index (χ2v) is 4.96. The molecule has 2 N–H and O–H groups in total. The van der Waals surface area contributed by atoms with E-state index in [0.29, 0.717) is 12.5 Å². The summed E-state index contributed by atoms with van der Waals surface area (Å²) in [6.07, 6.45) is 5.42. The minimum absolute atomic E-state index is 0.0755. The molecule has 1 aromatic heterocycles. The van der Waals surface area contributed by atoms with E-state index in [1.165, 1.54) is 6.33 Å². The summed E-state index contributed by atoms with van der Waals surface area (Å²) in [6.45, 7) is 5.42. The third-order valence-electron chi connectivity index (χ3n) is 3.40. The molecule has 18 heavy (non-hydrogen) atoms. The van der Waals surface area contributed by atoms with Crippen LogP contribution in [0.3, 0.4) is 0 Å². The minimum Gasteiger partial charge on any atom is -0.356 e. The van der Waals surface area contributed by atoms with Crippen LogP contribution in [0.2, 0.25) is 0 Å². The number of amides is 1. The Labute approximate surface area is 107 Å². The zero-order valence-electron chi connectivity index (χ0n) is 10.8. The molecule has 0 spiro atoms. The molecule has 1 saturated heterocycles. The fourth-order valence-corrected chi connectivity index (χ4v) is 2.20. The van der Waals surface area contributed by atoms with Gasteiger partial charge in [0.05, 0.1) is 12.5 Å². The van der Waals surface area contributed by atoms with Crippen LogP contribution in [0.1, 0.15) is 19.8 Å². The van der Waals surface area contributed by atoms with E-state index in [2.05, 4.69) is 20.7 Å². The van der Waals surface area contributed by atoms with Gasteiger partial charge in [0, 0.05) is 6.54 Å². The highest BCUT2D eigenvalue weighted by molar-refractivity contribution is 5.78. The third-order valence-corrected chi connectivity index (χ3v) is 3.40. The predicted molar refractivity (Wildman–Crippen MR) is 67.8 cm³/mol. The summed E-state index contributed by atoms with van der Waals surface area (Å²) in [4.78, 5) is 15.8. The maximum atomic E-state index is 11.9. The van der Waals surface area contributed by atoms with Crippen molar-refractivity contribution < 1.29 is 4.79 Å². The monoisotopic (exact) mass is 251 g/mol. The summed E-state index contributed by atoms with van der Waals surface area (Å²) < 4.78 is 1.69. The van der Waals surface area contributed by atoms with Crippen molar-refractivity contribution in [2.24, 2.45) is 11.8 Å². The number of nitrogens with one attached hydrogen (secondary N) is 2. The fourth-order valence-electron chi connectivity index (χ4n) is 2.20. The third kappa shape index (κ3) is 3.80. The smallest absolute Gasteiger partial charge is 0.224 e. The Hall–Kier alpha value is -1.43. The molecular weight excluding hydrogens is 230 g/mol. The first kappa shape index (κ1) is 13.0.